The van der Waals surface area contributed by atoms with Crippen LogP contribution in [0.3, 0.4) is 0 Å². The maximum Gasteiger partial charge on any atom is 0.336 e. The molecule has 112 valence electrons. The van der Waals surface area contributed by atoms with Crippen molar-refractivity contribution in [3.8, 4) is 0 Å². The summed E-state index contributed by atoms with van der Waals surface area (Å²) in [5.74, 6) is -0.306. The van der Waals surface area contributed by atoms with Crippen molar-refractivity contribution in [3.05, 3.63) is 18.0 Å². The van der Waals surface area contributed by atoms with E-state index in [1.807, 2.05) is 16.9 Å². The van der Waals surface area contributed by atoms with E-state index in [9.17, 15) is 4.79 Å². The molecule has 6 nitrogen and oxygen atoms in total. The van der Waals surface area contributed by atoms with Gasteiger partial charge in [-0.15, -0.1) is 0 Å². The normalized spacial score (nSPS) is 21.6. The Morgan fingerprint density at radius 2 is 2.45 bits per heavy atom. The standard InChI is InChI=1S/C14H23N3O3/c1-4-11(2)17-6-5-12(15-17)9-16-7-8-20-13(10-16)14(18)19-3/h5-6,11,13H,4,7-10H2,1-3H3. The average Bonchev–Trinajstić information content (AvgIpc) is 2.94. The van der Waals surface area contributed by atoms with Gasteiger partial charge in [-0.05, 0) is 19.4 Å². The van der Waals surface area contributed by atoms with Crippen molar-refractivity contribution < 1.29 is 14.3 Å². The fourth-order valence-electron chi connectivity index (χ4n) is 2.24. The monoisotopic (exact) mass is 281 g/mol. The second-order valence-corrected chi connectivity index (χ2v) is 5.16. The Balaban J connectivity index is 1.92. The lowest BCUT2D eigenvalue weighted by Gasteiger charge is -2.30. The molecule has 2 unspecified atom stereocenters. The van der Waals surface area contributed by atoms with Gasteiger partial charge in [-0.2, -0.15) is 5.10 Å². The van der Waals surface area contributed by atoms with E-state index in [4.69, 9.17) is 9.47 Å². The van der Waals surface area contributed by atoms with Crippen molar-refractivity contribution in [2.45, 2.75) is 39.0 Å². The molecular weight excluding hydrogens is 258 g/mol. The van der Waals surface area contributed by atoms with Crippen molar-refractivity contribution >= 4 is 5.97 Å². The number of aromatic nitrogens is 2. The zero-order chi connectivity index (χ0) is 14.5. The van der Waals surface area contributed by atoms with Crippen LogP contribution >= 0.6 is 0 Å². The Hall–Kier alpha value is -1.40. The van der Waals surface area contributed by atoms with E-state index in [2.05, 4.69) is 23.8 Å². The van der Waals surface area contributed by atoms with Crippen molar-refractivity contribution in [2.24, 2.45) is 0 Å². The third-order valence-corrected chi connectivity index (χ3v) is 3.71. The Morgan fingerprint density at radius 1 is 1.65 bits per heavy atom. The smallest absolute Gasteiger partial charge is 0.336 e. The van der Waals surface area contributed by atoms with Crippen LogP contribution in [0, 0.1) is 0 Å². The number of hydrogen-bond donors (Lipinski definition) is 0. The maximum absolute atomic E-state index is 11.5. The molecule has 0 saturated carbocycles. The number of esters is 1. The minimum absolute atomic E-state index is 0.306. The van der Waals surface area contributed by atoms with Crippen LogP contribution in [-0.4, -0.2) is 53.6 Å². The zero-order valence-corrected chi connectivity index (χ0v) is 12.4. The number of ether oxygens (including phenoxy) is 2. The van der Waals surface area contributed by atoms with Gasteiger partial charge in [-0.25, -0.2) is 4.79 Å². The highest BCUT2D eigenvalue weighted by Crippen LogP contribution is 2.13. The van der Waals surface area contributed by atoms with Crippen molar-refractivity contribution in [1.82, 2.24) is 14.7 Å². The summed E-state index contributed by atoms with van der Waals surface area (Å²) in [7, 11) is 1.39. The Bertz CT molecular complexity index is 447. The van der Waals surface area contributed by atoms with Crippen LogP contribution < -0.4 is 0 Å². The molecule has 0 N–H and O–H groups in total. The topological polar surface area (TPSA) is 56.6 Å². The summed E-state index contributed by atoms with van der Waals surface area (Å²) in [5, 5.41) is 4.58. The highest BCUT2D eigenvalue weighted by Gasteiger charge is 2.27. The average molecular weight is 281 g/mol. The maximum atomic E-state index is 11.5. The van der Waals surface area contributed by atoms with Crippen LogP contribution in [0.25, 0.3) is 0 Å². The lowest BCUT2D eigenvalue weighted by atomic mass is 10.2. The number of hydrogen-bond acceptors (Lipinski definition) is 5. The quantitative estimate of drug-likeness (QED) is 0.760. The molecule has 2 atom stereocenters. The molecule has 1 aliphatic rings. The highest BCUT2D eigenvalue weighted by molar-refractivity contribution is 5.74. The molecule has 1 aromatic heterocycles. The minimum atomic E-state index is -0.481. The van der Waals surface area contributed by atoms with Gasteiger partial charge in [0.2, 0.25) is 0 Å². The van der Waals surface area contributed by atoms with Crippen LogP contribution in [0.2, 0.25) is 0 Å². The molecule has 2 heterocycles. The van der Waals surface area contributed by atoms with Gasteiger partial charge in [-0.1, -0.05) is 6.92 Å². The van der Waals surface area contributed by atoms with Gasteiger partial charge in [0.1, 0.15) is 0 Å². The summed E-state index contributed by atoms with van der Waals surface area (Å²) in [5.41, 5.74) is 1.02. The molecule has 0 aliphatic carbocycles. The fourth-order valence-corrected chi connectivity index (χ4v) is 2.24. The van der Waals surface area contributed by atoms with E-state index in [1.165, 1.54) is 7.11 Å². The number of rotatable bonds is 5. The van der Waals surface area contributed by atoms with E-state index in [-0.39, 0.29) is 5.97 Å². The lowest BCUT2D eigenvalue weighted by molar-refractivity contribution is -0.160. The highest BCUT2D eigenvalue weighted by atomic mass is 16.6. The summed E-state index contributed by atoms with van der Waals surface area (Å²) >= 11 is 0. The van der Waals surface area contributed by atoms with Gasteiger partial charge in [0.15, 0.2) is 6.10 Å². The molecule has 1 saturated heterocycles. The second kappa shape index (κ2) is 6.85. The largest absolute Gasteiger partial charge is 0.467 e. The van der Waals surface area contributed by atoms with E-state index in [0.29, 0.717) is 19.2 Å². The summed E-state index contributed by atoms with van der Waals surface area (Å²) < 4.78 is 12.1. The molecule has 6 heteroatoms. The van der Waals surface area contributed by atoms with Gasteiger partial charge in [-0.3, -0.25) is 9.58 Å². The zero-order valence-electron chi connectivity index (χ0n) is 12.4. The second-order valence-electron chi connectivity index (χ2n) is 5.16. The van der Waals surface area contributed by atoms with Gasteiger partial charge >= 0.3 is 5.97 Å². The summed E-state index contributed by atoms with van der Waals surface area (Å²) in [4.78, 5) is 13.7. The number of morpholine rings is 1. The minimum Gasteiger partial charge on any atom is -0.467 e. The van der Waals surface area contributed by atoms with Crippen LogP contribution in [0.1, 0.15) is 32.0 Å². The van der Waals surface area contributed by atoms with Crippen molar-refractivity contribution in [1.29, 1.82) is 0 Å². The van der Waals surface area contributed by atoms with Crippen LogP contribution in [0.5, 0.6) is 0 Å². The van der Waals surface area contributed by atoms with E-state index < -0.39 is 6.10 Å². The first kappa shape index (κ1) is 15.0. The van der Waals surface area contributed by atoms with Crippen molar-refractivity contribution in [3.63, 3.8) is 0 Å². The van der Waals surface area contributed by atoms with E-state index in [1.54, 1.807) is 0 Å². The predicted molar refractivity (Wildman–Crippen MR) is 74.3 cm³/mol. The molecule has 0 amide bonds. The Labute approximate surface area is 119 Å². The van der Waals surface area contributed by atoms with Gasteiger partial charge < -0.3 is 9.47 Å². The molecule has 0 spiro atoms. The first-order chi connectivity index (χ1) is 9.63. The summed E-state index contributed by atoms with van der Waals surface area (Å²) in [6.07, 6.45) is 2.59. The van der Waals surface area contributed by atoms with E-state index in [0.717, 1.165) is 25.2 Å². The first-order valence-corrected chi connectivity index (χ1v) is 7.09. The number of carbonyl (C=O) groups is 1. The molecule has 1 aromatic rings. The lowest BCUT2D eigenvalue weighted by Crippen LogP contribution is -2.46. The molecule has 0 bridgehead atoms. The number of methoxy groups -OCH3 is 1. The first-order valence-electron chi connectivity index (χ1n) is 7.09. The van der Waals surface area contributed by atoms with Gasteiger partial charge in [0.25, 0.3) is 0 Å². The molecule has 1 aliphatic heterocycles. The third-order valence-electron chi connectivity index (χ3n) is 3.71. The summed E-state index contributed by atoms with van der Waals surface area (Å²) in [6.45, 7) is 6.95. The Kier molecular flexibility index (Phi) is 5.14. The fraction of sp³-hybridized carbons (Fsp3) is 0.714. The number of carbonyl (C=O) groups excluding carboxylic acids is 1. The van der Waals surface area contributed by atoms with Crippen LogP contribution in [-0.2, 0) is 20.8 Å². The van der Waals surface area contributed by atoms with Gasteiger partial charge in [0.05, 0.1) is 19.4 Å². The molecule has 1 fully saturated rings. The molecule has 0 aromatic carbocycles. The molecule has 2 rings (SSSR count). The number of nitrogens with zero attached hydrogens (tertiary/aromatic N) is 3. The molecular formula is C14H23N3O3. The predicted octanol–water partition coefficient (Wildman–Crippen LogP) is 1.23. The van der Waals surface area contributed by atoms with Gasteiger partial charge in [0, 0.05) is 31.9 Å². The molecule has 0 radical (unpaired) electrons. The summed E-state index contributed by atoms with van der Waals surface area (Å²) in [6, 6.07) is 2.45. The SMILES string of the molecule is CCC(C)n1ccc(CN2CCOC(C(=O)OC)C2)n1. The Morgan fingerprint density at radius 3 is 3.15 bits per heavy atom. The van der Waals surface area contributed by atoms with E-state index >= 15 is 0 Å². The molecule has 20 heavy (non-hydrogen) atoms. The van der Waals surface area contributed by atoms with Crippen molar-refractivity contribution in [2.75, 3.05) is 26.8 Å². The third kappa shape index (κ3) is 3.58. The van der Waals surface area contributed by atoms with Crippen LogP contribution in [0.15, 0.2) is 12.3 Å². The van der Waals surface area contributed by atoms with Crippen LogP contribution in [0.4, 0.5) is 0 Å².